The highest BCUT2D eigenvalue weighted by Gasteiger charge is 2.41. The Balaban J connectivity index is 2.09. The lowest BCUT2D eigenvalue weighted by Crippen LogP contribution is -2.38. The summed E-state index contributed by atoms with van der Waals surface area (Å²) in [5, 5.41) is 0. The maximum absolute atomic E-state index is 11.7. The topological polar surface area (TPSA) is 46.3 Å². The molecular formula is C13H16N2O. The molecule has 3 rings (SSSR count). The van der Waals surface area contributed by atoms with Gasteiger partial charge in [0.1, 0.15) is 0 Å². The van der Waals surface area contributed by atoms with E-state index in [-0.39, 0.29) is 18.0 Å². The number of aryl methyl sites for hydroxylation is 1. The molecule has 2 heterocycles. The van der Waals surface area contributed by atoms with Crippen LogP contribution in [0.4, 0.5) is 0 Å². The quantitative estimate of drug-likeness (QED) is 0.707. The number of benzene rings is 1. The van der Waals surface area contributed by atoms with Crippen LogP contribution in [0.3, 0.4) is 0 Å². The molecule has 3 nitrogen and oxygen atoms in total. The van der Waals surface area contributed by atoms with Gasteiger partial charge in [0.05, 0.1) is 6.04 Å². The van der Waals surface area contributed by atoms with E-state index in [1.807, 2.05) is 4.90 Å². The van der Waals surface area contributed by atoms with Gasteiger partial charge in [0, 0.05) is 19.0 Å². The molecule has 1 aromatic rings. The Bertz CT molecular complexity index is 455. The number of rotatable bonds is 0. The van der Waals surface area contributed by atoms with Crippen molar-refractivity contribution < 1.29 is 4.79 Å². The van der Waals surface area contributed by atoms with Gasteiger partial charge in [0.15, 0.2) is 0 Å². The number of amides is 1. The van der Waals surface area contributed by atoms with Crippen LogP contribution < -0.4 is 5.73 Å². The summed E-state index contributed by atoms with van der Waals surface area (Å²) < 4.78 is 0. The monoisotopic (exact) mass is 216 g/mol. The summed E-state index contributed by atoms with van der Waals surface area (Å²) in [5.41, 5.74) is 9.98. The molecule has 0 radical (unpaired) electrons. The van der Waals surface area contributed by atoms with E-state index >= 15 is 0 Å². The fraction of sp³-hybridized carbons (Fsp3) is 0.462. The van der Waals surface area contributed by atoms with Gasteiger partial charge >= 0.3 is 0 Å². The van der Waals surface area contributed by atoms with Gasteiger partial charge in [-0.3, -0.25) is 4.79 Å². The van der Waals surface area contributed by atoms with Gasteiger partial charge in [-0.25, -0.2) is 0 Å². The minimum absolute atomic E-state index is 0.0331. The highest BCUT2D eigenvalue weighted by molar-refractivity contribution is 5.81. The van der Waals surface area contributed by atoms with Crippen LogP contribution in [0.2, 0.25) is 0 Å². The number of carbonyl (C=O) groups excluding carboxylic acids is 1. The van der Waals surface area contributed by atoms with Crippen LogP contribution in [-0.4, -0.2) is 23.4 Å². The van der Waals surface area contributed by atoms with Gasteiger partial charge in [-0.15, -0.1) is 0 Å². The zero-order chi connectivity index (χ0) is 11.3. The van der Waals surface area contributed by atoms with E-state index in [0.29, 0.717) is 6.42 Å². The van der Waals surface area contributed by atoms with Crippen molar-refractivity contribution >= 4 is 5.91 Å². The van der Waals surface area contributed by atoms with Gasteiger partial charge in [-0.1, -0.05) is 23.8 Å². The van der Waals surface area contributed by atoms with Gasteiger partial charge in [0.2, 0.25) is 5.91 Å². The van der Waals surface area contributed by atoms with Gasteiger partial charge < -0.3 is 10.6 Å². The molecule has 0 aromatic heterocycles. The minimum Gasteiger partial charge on any atom is -0.334 e. The molecule has 0 bridgehead atoms. The molecule has 1 aromatic carbocycles. The zero-order valence-corrected chi connectivity index (χ0v) is 9.44. The molecule has 2 unspecified atom stereocenters. The van der Waals surface area contributed by atoms with Crippen molar-refractivity contribution in [1.29, 1.82) is 0 Å². The maximum atomic E-state index is 11.7. The molecule has 0 aliphatic carbocycles. The van der Waals surface area contributed by atoms with Crippen LogP contribution in [0, 0.1) is 6.92 Å². The van der Waals surface area contributed by atoms with E-state index in [1.54, 1.807) is 0 Å². The van der Waals surface area contributed by atoms with Crippen molar-refractivity contribution in [2.45, 2.75) is 31.8 Å². The lowest BCUT2D eigenvalue weighted by atomic mass is 9.90. The molecule has 16 heavy (non-hydrogen) atoms. The summed E-state index contributed by atoms with van der Waals surface area (Å²) in [6, 6.07) is 6.56. The Labute approximate surface area is 95.2 Å². The molecule has 2 aliphatic heterocycles. The Morgan fingerprint density at radius 2 is 2.25 bits per heavy atom. The Morgan fingerprint density at radius 1 is 1.44 bits per heavy atom. The fourth-order valence-corrected chi connectivity index (χ4v) is 2.96. The SMILES string of the molecule is Cc1ccc2c(c1)CCN1C(=O)CC(N)C21. The second-order valence-corrected chi connectivity index (χ2v) is 4.85. The molecule has 1 saturated heterocycles. The molecule has 84 valence electrons. The molecule has 1 fully saturated rings. The summed E-state index contributed by atoms with van der Waals surface area (Å²) in [6.07, 6.45) is 1.46. The summed E-state index contributed by atoms with van der Waals surface area (Å²) in [4.78, 5) is 13.7. The van der Waals surface area contributed by atoms with Crippen molar-refractivity contribution in [1.82, 2.24) is 4.90 Å². The first-order valence-electron chi connectivity index (χ1n) is 5.81. The Hall–Kier alpha value is -1.35. The summed E-state index contributed by atoms with van der Waals surface area (Å²) >= 11 is 0. The Kier molecular flexibility index (Phi) is 2.04. The number of carbonyl (C=O) groups is 1. The highest BCUT2D eigenvalue weighted by atomic mass is 16.2. The summed E-state index contributed by atoms with van der Waals surface area (Å²) in [7, 11) is 0. The predicted octanol–water partition coefficient (Wildman–Crippen LogP) is 1.15. The summed E-state index contributed by atoms with van der Waals surface area (Å²) in [6.45, 7) is 2.93. The Morgan fingerprint density at radius 3 is 3.06 bits per heavy atom. The number of fused-ring (bicyclic) bond motifs is 3. The number of nitrogens with two attached hydrogens (primary N) is 1. The van der Waals surface area contributed by atoms with Crippen LogP contribution >= 0.6 is 0 Å². The molecule has 2 atom stereocenters. The number of hydrogen-bond donors (Lipinski definition) is 1. The van der Waals surface area contributed by atoms with E-state index in [0.717, 1.165) is 13.0 Å². The normalized spacial score (nSPS) is 27.9. The van der Waals surface area contributed by atoms with Crippen molar-refractivity contribution in [3.05, 3.63) is 34.9 Å². The van der Waals surface area contributed by atoms with Gasteiger partial charge in [-0.05, 0) is 24.5 Å². The second kappa shape index (κ2) is 3.32. The van der Waals surface area contributed by atoms with Crippen LogP contribution in [0.15, 0.2) is 18.2 Å². The molecular weight excluding hydrogens is 200 g/mol. The standard InChI is InChI=1S/C13H16N2O/c1-8-2-3-10-9(6-8)4-5-15-12(16)7-11(14)13(10)15/h2-3,6,11,13H,4-5,7,14H2,1H3. The van der Waals surface area contributed by atoms with Crippen molar-refractivity contribution in [2.24, 2.45) is 5.73 Å². The molecule has 0 saturated carbocycles. The minimum atomic E-state index is -0.0331. The van der Waals surface area contributed by atoms with Crippen molar-refractivity contribution in [3.63, 3.8) is 0 Å². The lowest BCUT2D eigenvalue weighted by Gasteiger charge is -2.33. The van der Waals surface area contributed by atoms with Crippen LogP contribution in [0.1, 0.15) is 29.2 Å². The van der Waals surface area contributed by atoms with E-state index in [1.165, 1.54) is 16.7 Å². The van der Waals surface area contributed by atoms with E-state index < -0.39 is 0 Å². The molecule has 3 heteroatoms. The smallest absolute Gasteiger partial charge is 0.224 e. The van der Waals surface area contributed by atoms with Crippen LogP contribution in [0.25, 0.3) is 0 Å². The zero-order valence-electron chi connectivity index (χ0n) is 9.44. The summed E-state index contributed by atoms with van der Waals surface area (Å²) in [5.74, 6) is 0.212. The average Bonchev–Trinajstić information content (AvgIpc) is 2.54. The van der Waals surface area contributed by atoms with Crippen molar-refractivity contribution in [3.8, 4) is 0 Å². The maximum Gasteiger partial charge on any atom is 0.224 e. The van der Waals surface area contributed by atoms with Crippen LogP contribution in [-0.2, 0) is 11.2 Å². The second-order valence-electron chi connectivity index (χ2n) is 4.85. The van der Waals surface area contributed by atoms with Gasteiger partial charge in [0.25, 0.3) is 0 Å². The number of nitrogens with zero attached hydrogens (tertiary/aromatic N) is 1. The van der Waals surface area contributed by atoms with E-state index in [9.17, 15) is 4.79 Å². The van der Waals surface area contributed by atoms with Gasteiger partial charge in [-0.2, -0.15) is 0 Å². The largest absolute Gasteiger partial charge is 0.334 e. The first-order valence-corrected chi connectivity index (χ1v) is 5.81. The third-order valence-corrected chi connectivity index (χ3v) is 3.71. The number of hydrogen-bond acceptors (Lipinski definition) is 2. The van der Waals surface area contributed by atoms with E-state index in [2.05, 4.69) is 25.1 Å². The van der Waals surface area contributed by atoms with Crippen LogP contribution in [0.5, 0.6) is 0 Å². The highest BCUT2D eigenvalue weighted by Crippen LogP contribution is 2.37. The first-order chi connectivity index (χ1) is 7.66. The predicted molar refractivity (Wildman–Crippen MR) is 61.9 cm³/mol. The molecule has 2 N–H and O–H groups in total. The molecule has 2 aliphatic rings. The first kappa shape index (κ1) is 9.85. The fourth-order valence-electron chi connectivity index (χ4n) is 2.96. The lowest BCUT2D eigenvalue weighted by molar-refractivity contribution is -0.129. The molecule has 0 spiro atoms. The molecule has 1 amide bonds. The average molecular weight is 216 g/mol. The third kappa shape index (κ3) is 1.28. The van der Waals surface area contributed by atoms with E-state index in [4.69, 9.17) is 5.73 Å². The third-order valence-electron chi connectivity index (χ3n) is 3.71. The van der Waals surface area contributed by atoms with Crippen molar-refractivity contribution in [2.75, 3.05) is 6.54 Å².